The predicted molar refractivity (Wildman–Crippen MR) is 119 cm³/mol. The van der Waals surface area contributed by atoms with Crippen molar-refractivity contribution in [1.82, 2.24) is 4.90 Å². The lowest BCUT2D eigenvalue weighted by Crippen LogP contribution is -2.32. The number of unbranched alkanes of at least 4 members (excludes halogenated alkanes) is 1. The van der Waals surface area contributed by atoms with Crippen LogP contribution < -0.4 is 0 Å². The molecule has 1 aliphatic carbocycles. The van der Waals surface area contributed by atoms with E-state index in [0.717, 1.165) is 45.3 Å². The summed E-state index contributed by atoms with van der Waals surface area (Å²) >= 11 is 0. The fraction of sp³-hybridized carbons (Fsp3) is 0.346. The molecule has 0 amide bonds. The van der Waals surface area contributed by atoms with Crippen molar-refractivity contribution in [3.63, 3.8) is 0 Å². The maximum absolute atomic E-state index is 11.3. The van der Waals surface area contributed by atoms with E-state index in [1.54, 1.807) is 5.57 Å². The molecule has 0 spiro atoms. The molecule has 0 unspecified atom stereocenters. The lowest BCUT2D eigenvalue weighted by atomic mass is 9.86. The Morgan fingerprint density at radius 2 is 1.48 bits per heavy atom. The van der Waals surface area contributed by atoms with Gasteiger partial charge in [-0.2, -0.15) is 0 Å². The van der Waals surface area contributed by atoms with Crippen molar-refractivity contribution in [2.45, 2.75) is 32.1 Å². The van der Waals surface area contributed by atoms with Gasteiger partial charge >= 0.3 is 5.97 Å². The highest BCUT2D eigenvalue weighted by Gasteiger charge is 2.22. The number of ether oxygens (including phenoxy) is 1. The summed E-state index contributed by atoms with van der Waals surface area (Å²) in [6, 6.07) is 17.5. The van der Waals surface area contributed by atoms with E-state index in [2.05, 4.69) is 65.6 Å². The zero-order chi connectivity index (χ0) is 20.1. The first-order chi connectivity index (χ1) is 14.3. The Labute approximate surface area is 173 Å². The Morgan fingerprint density at radius 1 is 0.897 bits per heavy atom. The number of likely N-dealkylation sites (tertiary alicyclic amines) is 1. The lowest BCUT2D eigenvalue weighted by Gasteiger charge is -2.30. The van der Waals surface area contributed by atoms with Gasteiger partial charge in [0.25, 0.3) is 0 Å². The van der Waals surface area contributed by atoms with Crippen LogP contribution in [0.3, 0.4) is 0 Å². The summed E-state index contributed by atoms with van der Waals surface area (Å²) in [6.07, 6.45) is 9.20. The van der Waals surface area contributed by atoms with E-state index in [9.17, 15) is 4.79 Å². The number of hydrogen-bond acceptors (Lipinski definition) is 3. The van der Waals surface area contributed by atoms with Crippen LogP contribution in [-0.4, -0.2) is 37.6 Å². The van der Waals surface area contributed by atoms with Crippen LogP contribution in [-0.2, 0) is 9.53 Å². The molecule has 3 nitrogen and oxygen atoms in total. The van der Waals surface area contributed by atoms with Crippen molar-refractivity contribution in [3.8, 4) is 0 Å². The minimum atomic E-state index is -0.102. The van der Waals surface area contributed by atoms with Gasteiger partial charge in [0.2, 0.25) is 0 Å². The first kappa shape index (κ1) is 19.7. The maximum Gasteiger partial charge on any atom is 0.305 e. The van der Waals surface area contributed by atoms with Gasteiger partial charge in [0, 0.05) is 19.5 Å². The number of esters is 1. The van der Waals surface area contributed by atoms with Crippen LogP contribution in [0.2, 0.25) is 0 Å². The van der Waals surface area contributed by atoms with E-state index in [1.807, 2.05) is 0 Å². The first-order valence-corrected chi connectivity index (χ1v) is 10.6. The molecule has 2 aromatic rings. The molecule has 1 saturated heterocycles. The van der Waals surface area contributed by atoms with Gasteiger partial charge in [-0.25, -0.2) is 0 Å². The molecule has 1 aliphatic heterocycles. The van der Waals surface area contributed by atoms with Crippen molar-refractivity contribution in [1.29, 1.82) is 0 Å². The summed E-state index contributed by atoms with van der Waals surface area (Å²) in [5.74, 6) is -0.102. The number of piperidine rings is 1. The summed E-state index contributed by atoms with van der Waals surface area (Å²) in [4.78, 5) is 13.8. The highest BCUT2D eigenvalue weighted by molar-refractivity contribution is 5.94. The Morgan fingerprint density at radius 3 is 2.07 bits per heavy atom. The monoisotopic (exact) mass is 387 g/mol. The van der Waals surface area contributed by atoms with Crippen molar-refractivity contribution in [2.75, 3.05) is 26.7 Å². The Kier molecular flexibility index (Phi) is 6.26. The summed E-state index contributed by atoms with van der Waals surface area (Å²) < 4.78 is 4.73. The Bertz CT molecular complexity index is 880. The third-order valence-electron chi connectivity index (χ3n) is 6.05. The van der Waals surface area contributed by atoms with Gasteiger partial charge in [0.05, 0.1) is 7.11 Å². The van der Waals surface area contributed by atoms with Crippen LogP contribution in [0.25, 0.3) is 17.7 Å². The zero-order valence-corrected chi connectivity index (χ0v) is 17.2. The number of hydrogen-bond donors (Lipinski definition) is 0. The minimum absolute atomic E-state index is 0.102. The number of benzene rings is 2. The van der Waals surface area contributed by atoms with E-state index >= 15 is 0 Å². The zero-order valence-electron chi connectivity index (χ0n) is 17.2. The van der Waals surface area contributed by atoms with E-state index in [0.29, 0.717) is 6.42 Å². The summed E-state index contributed by atoms with van der Waals surface area (Å²) in [6.45, 7) is 3.25. The van der Waals surface area contributed by atoms with Crippen LogP contribution >= 0.6 is 0 Å². The van der Waals surface area contributed by atoms with Gasteiger partial charge in [0.15, 0.2) is 0 Å². The quantitative estimate of drug-likeness (QED) is 0.433. The molecule has 150 valence electrons. The van der Waals surface area contributed by atoms with Crippen molar-refractivity contribution in [2.24, 2.45) is 0 Å². The second-order valence-corrected chi connectivity index (χ2v) is 7.86. The average Bonchev–Trinajstić information content (AvgIpc) is 2.94. The molecule has 3 heteroatoms. The number of methoxy groups -OCH3 is 1. The number of carbonyl (C=O) groups excluding carboxylic acids is 1. The third-order valence-corrected chi connectivity index (χ3v) is 6.05. The highest BCUT2D eigenvalue weighted by Crippen LogP contribution is 2.38. The first-order valence-electron chi connectivity index (χ1n) is 10.6. The van der Waals surface area contributed by atoms with Gasteiger partial charge in [-0.3, -0.25) is 4.79 Å². The standard InChI is InChI=1S/C26H29NO2/c1-29-25(28)12-6-7-17-27-18-15-22(16-19-27)26-23-10-4-2-8-20(23)13-14-21-9-3-5-11-24(21)26/h2-5,8-11,13-14H,6-7,12,15-19H2,1H3. The maximum atomic E-state index is 11.3. The smallest absolute Gasteiger partial charge is 0.305 e. The molecule has 4 rings (SSSR count). The van der Waals surface area contributed by atoms with E-state index < -0.39 is 0 Å². The fourth-order valence-corrected chi connectivity index (χ4v) is 4.45. The number of rotatable bonds is 5. The second-order valence-electron chi connectivity index (χ2n) is 7.86. The number of carbonyl (C=O) groups is 1. The van der Waals surface area contributed by atoms with Crippen molar-refractivity contribution < 1.29 is 9.53 Å². The topological polar surface area (TPSA) is 29.5 Å². The Hall–Kier alpha value is -2.65. The minimum Gasteiger partial charge on any atom is -0.469 e. The molecule has 29 heavy (non-hydrogen) atoms. The molecular weight excluding hydrogens is 358 g/mol. The molecule has 0 N–H and O–H groups in total. The van der Waals surface area contributed by atoms with Gasteiger partial charge < -0.3 is 9.64 Å². The van der Waals surface area contributed by atoms with Crippen molar-refractivity contribution in [3.05, 3.63) is 76.4 Å². The second kappa shape index (κ2) is 9.23. The van der Waals surface area contributed by atoms with Gasteiger partial charge in [-0.1, -0.05) is 66.3 Å². The Balaban J connectivity index is 1.51. The van der Waals surface area contributed by atoms with Crippen LogP contribution in [0.5, 0.6) is 0 Å². The fourth-order valence-electron chi connectivity index (χ4n) is 4.45. The largest absolute Gasteiger partial charge is 0.469 e. The molecule has 1 fully saturated rings. The molecule has 0 saturated carbocycles. The van der Waals surface area contributed by atoms with E-state index in [4.69, 9.17) is 4.74 Å². The number of nitrogens with zero attached hydrogens (tertiary/aromatic N) is 1. The summed E-state index contributed by atoms with van der Waals surface area (Å²) in [5.41, 5.74) is 8.32. The molecule has 0 radical (unpaired) electrons. The SMILES string of the molecule is COC(=O)CCCCN1CCC(=C2c3ccccc3C=Cc3ccccc32)CC1. The average molecular weight is 388 g/mol. The van der Waals surface area contributed by atoms with Crippen molar-refractivity contribution >= 4 is 23.7 Å². The van der Waals surface area contributed by atoms with Crippen LogP contribution in [0, 0.1) is 0 Å². The molecule has 2 aromatic carbocycles. The molecule has 0 atom stereocenters. The van der Waals surface area contributed by atoms with E-state index in [-0.39, 0.29) is 5.97 Å². The van der Waals surface area contributed by atoms with Gasteiger partial charge in [0.1, 0.15) is 0 Å². The third kappa shape index (κ3) is 4.51. The highest BCUT2D eigenvalue weighted by atomic mass is 16.5. The lowest BCUT2D eigenvalue weighted by molar-refractivity contribution is -0.140. The summed E-state index contributed by atoms with van der Waals surface area (Å²) in [5, 5.41) is 0. The summed E-state index contributed by atoms with van der Waals surface area (Å²) in [7, 11) is 1.46. The van der Waals surface area contributed by atoms with Gasteiger partial charge in [-0.15, -0.1) is 0 Å². The predicted octanol–water partition coefficient (Wildman–Crippen LogP) is 5.41. The van der Waals surface area contributed by atoms with Crippen LogP contribution in [0.15, 0.2) is 54.1 Å². The van der Waals surface area contributed by atoms with E-state index in [1.165, 1.54) is 34.9 Å². The molecule has 2 aliphatic rings. The van der Waals surface area contributed by atoms with Crippen LogP contribution in [0.1, 0.15) is 54.4 Å². The van der Waals surface area contributed by atoms with Gasteiger partial charge in [-0.05, 0) is 60.1 Å². The molecule has 1 heterocycles. The molecular formula is C26H29NO2. The molecule has 0 aromatic heterocycles. The molecule has 0 bridgehead atoms. The van der Waals surface area contributed by atoms with Crippen LogP contribution in [0.4, 0.5) is 0 Å². The number of fused-ring (bicyclic) bond motifs is 2. The normalized spacial score (nSPS) is 16.2.